The van der Waals surface area contributed by atoms with Gasteiger partial charge in [-0.1, -0.05) is 43.6 Å². The van der Waals surface area contributed by atoms with E-state index >= 15 is 0 Å². The zero-order valence-corrected chi connectivity index (χ0v) is 11.6. The van der Waals surface area contributed by atoms with Gasteiger partial charge >= 0.3 is 0 Å². The van der Waals surface area contributed by atoms with Crippen LogP contribution in [0.15, 0.2) is 24.3 Å². The Morgan fingerprint density at radius 3 is 2.83 bits per heavy atom. The van der Waals surface area contributed by atoms with Gasteiger partial charge in [-0.3, -0.25) is 4.79 Å². The van der Waals surface area contributed by atoms with Crippen molar-refractivity contribution < 1.29 is 4.79 Å². The van der Waals surface area contributed by atoms with E-state index in [0.29, 0.717) is 12.6 Å². The molecule has 0 radical (unpaired) electrons. The molecule has 1 N–H and O–H groups in total. The zero-order chi connectivity index (χ0) is 13.1. The quantitative estimate of drug-likeness (QED) is 0.908. The lowest BCUT2D eigenvalue weighted by atomic mass is 10.2. The number of carbonyl (C=O) groups is 1. The monoisotopic (exact) mass is 266 g/mol. The Hall–Kier alpha value is -1.06. The van der Waals surface area contributed by atoms with Gasteiger partial charge in [-0.25, -0.2) is 0 Å². The van der Waals surface area contributed by atoms with Crippen LogP contribution in [-0.2, 0) is 11.3 Å². The van der Waals surface area contributed by atoms with Gasteiger partial charge < -0.3 is 10.2 Å². The van der Waals surface area contributed by atoms with Gasteiger partial charge in [0, 0.05) is 24.2 Å². The van der Waals surface area contributed by atoms with E-state index in [1.165, 1.54) is 0 Å². The predicted molar refractivity (Wildman–Crippen MR) is 73.5 cm³/mol. The Bertz CT molecular complexity index is 434. The standard InChI is InChI=1S/C14H19ClN2O/c1-10(2)16-13-7-8-17(14(13)18)9-11-5-3-4-6-12(11)15/h3-6,10,13,16H,7-9H2,1-2H3. The number of amides is 1. The summed E-state index contributed by atoms with van der Waals surface area (Å²) < 4.78 is 0. The van der Waals surface area contributed by atoms with Crippen molar-refractivity contribution in [2.45, 2.75) is 38.9 Å². The Labute approximate surface area is 113 Å². The van der Waals surface area contributed by atoms with Gasteiger partial charge in [0.2, 0.25) is 5.91 Å². The molecule has 0 bridgehead atoms. The highest BCUT2D eigenvalue weighted by atomic mass is 35.5. The van der Waals surface area contributed by atoms with Gasteiger partial charge in [-0.2, -0.15) is 0 Å². The lowest BCUT2D eigenvalue weighted by Crippen LogP contribution is -2.41. The van der Waals surface area contributed by atoms with Crippen molar-refractivity contribution in [1.82, 2.24) is 10.2 Å². The third kappa shape index (κ3) is 3.03. The van der Waals surface area contributed by atoms with Crippen molar-refractivity contribution in [3.63, 3.8) is 0 Å². The molecule has 0 aliphatic carbocycles. The molecule has 1 unspecified atom stereocenters. The number of rotatable bonds is 4. The van der Waals surface area contributed by atoms with E-state index in [1.54, 1.807) is 0 Å². The molecular weight excluding hydrogens is 248 g/mol. The van der Waals surface area contributed by atoms with E-state index in [1.807, 2.05) is 29.2 Å². The SMILES string of the molecule is CC(C)NC1CCN(Cc2ccccc2Cl)C1=O. The molecule has 18 heavy (non-hydrogen) atoms. The minimum atomic E-state index is -0.0347. The molecule has 0 aromatic heterocycles. The molecule has 1 aliphatic heterocycles. The second-order valence-electron chi connectivity index (χ2n) is 5.01. The predicted octanol–water partition coefficient (Wildman–Crippen LogP) is 2.44. The number of nitrogens with zero attached hydrogens (tertiary/aromatic N) is 1. The molecule has 0 saturated carbocycles. The van der Waals surface area contributed by atoms with Crippen molar-refractivity contribution in [3.05, 3.63) is 34.9 Å². The molecule has 1 fully saturated rings. The number of likely N-dealkylation sites (tertiary alicyclic amines) is 1. The van der Waals surface area contributed by atoms with Crippen LogP contribution in [-0.4, -0.2) is 29.4 Å². The molecule has 1 saturated heterocycles. The second kappa shape index (κ2) is 5.72. The van der Waals surface area contributed by atoms with Gasteiger partial charge in [0.05, 0.1) is 6.04 Å². The Balaban J connectivity index is 2.00. The molecule has 4 heteroatoms. The normalized spacial score (nSPS) is 19.9. The maximum atomic E-state index is 12.2. The van der Waals surface area contributed by atoms with E-state index in [9.17, 15) is 4.79 Å². The van der Waals surface area contributed by atoms with Crippen LogP contribution in [0.5, 0.6) is 0 Å². The van der Waals surface area contributed by atoms with Gasteiger partial charge in [-0.15, -0.1) is 0 Å². The van der Waals surface area contributed by atoms with Crippen LogP contribution in [0.1, 0.15) is 25.8 Å². The average molecular weight is 267 g/mol. The molecule has 1 aromatic rings. The fourth-order valence-electron chi connectivity index (χ4n) is 2.29. The van der Waals surface area contributed by atoms with Gasteiger partial charge in [0.15, 0.2) is 0 Å². The van der Waals surface area contributed by atoms with Crippen LogP contribution in [0, 0.1) is 0 Å². The van der Waals surface area contributed by atoms with Crippen LogP contribution in [0.3, 0.4) is 0 Å². The summed E-state index contributed by atoms with van der Waals surface area (Å²) in [5.74, 6) is 0.184. The summed E-state index contributed by atoms with van der Waals surface area (Å²) in [7, 11) is 0. The van der Waals surface area contributed by atoms with Gasteiger partial charge in [0.1, 0.15) is 0 Å². The maximum absolute atomic E-state index is 12.2. The first kappa shape index (κ1) is 13.4. The fraction of sp³-hybridized carbons (Fsp3) is 0.500. The molecule has 1 aliphatic rings. The summed E-state index contributed by atoms with van der Waals surface area (Å²) in [5.41, 5.74) is 1.01. The van der Waals surface area contributed by atoms with Crippen molar-refractivity contribution in [3.8, 4) is 0 Å². The van der Waals surface area contributed by atoms with Crippen LogP contribution in [0.2, 0.25) is 5.02 Å². The molecule has 3 nitrogen and oxygen atoms in total. The van der Waals surface area contributed by atoms with Crippen molar-refractivity contribution in [1.29, 1.82) is 0 Å². The molecule has 0 spiro atoms. The number of hydrogen-bond acceptors (Lipinski definition) is 2. The van der Waals surface area contributed by atoms with Crippen molar-refractivity contribution in [2.24, 2.45) is 0 Å². The number of nitrogens with one attached hydrogen (secondary N) is 1. The molecule has 1 aromatic carbocycles. The Morgan fingerprint density at radius 2 is 2.17 bits per heavy atom. The van der Waals surface area contributed by atoms with E-state index in [4.69, 9.17) is 11.6 Å². The minimum absolute atomic E-state index is 0.0347. The zero-order valence-electron chi connectivity index (χ0n) is 10.8. The van der Waals surface area contributed by atoms with E-state index in [2.05, 4.69) is 19.2 Å². The van der Waals surface area contributed by atoms with Crippen LogP contribution in [0.25, 0.3) is 0 Å². The summed E-state index contributed by atoms with van der Waals surface area (Å²) in [5, 5.41) is 4.03. The highest BCUT2D eigenvalue weighted by Gasteiger charge is 2.31. The fourth-order valence-corrected chi connectivity index (χ4v) is 2.48. The number of carbonyl (C=O) groups excluding carboxylic acids is 1. The van der Waals surface area contributed by atoms with E-state index in [-0.39, 0.29) is 11.9 Å². The van der Waals surface area contributed by atoms with Gasteiger partial charge in [0.25, 0.3) is 0 Å². The minimum Gasteiger partial charge on any atom is -0.337 e. The maximum Gasteiger partial charge on any atom is 0.240 e. The lowest BCUT2D eigenvalue weighted by molar-refractivity contribution is -0.130. The molecule has 98 valence electrons. The second-order valence-corrected chi connectivity index (χ2v) is 5.42. The smallest absolute Gasteiger partial charge is 0.240 e. The molecule has 1 heterocycles. The third-order valence-corrected chi connectivity index (χ3v) is 3.52. The van der Waals surface area contributed by atoms with E-state index in [0.717, 1.165) is 23.6 Å². The first-order valence-electron chi connectivity index (χ1n) is 6.36. The molecule has 1 amide bonds. The molecule has 1 atom stereocenters. The summed E-state index contributed by atoms with van der Waals surface area (Å²) in [4.78, 5) is 14.1. The number of benzene rings is 1. The third-order valence-electron chi connectivity index (χ3n) is 3.15. The van der Waals surface area contributed by atoms with E-state index < -0.39 is 0 Å². The molecular formula is C14H19ClN2O. The first-order chi connectivity index (χ1) is 8.58. The summed E-state index contributed by atoms with van der Waals surface area (Å²) >= 11 is 6.12. The van der Waals surface area contributed by atoms with Crippen LogP contribution >= 0.6 is 11.6 Å². The largest absolute Gasteiger partial charge is 0.337 e. The average Bonchev–Trinajstić information content (AvgIpc) is 2.64. The van der Waals surface area contributed by atoms with Crippen molar-refractivity contribution >= 4 is 17.5 Å². The van der Waals surface area contributed by atoms with Gasteiger partial charge in [-0.05, 0) is 18.1 Å². The summed E-state index contributed by atoms with van der Waals surface area (Å²) in [6.45, 7) is 5.53. The van der Waals surface area contributed by atoms with Crippen LogP contribution < -0.4 is 5.32 Å². The lowest BCUT2D eigenvalue weighted by Gasteiger charge is -2.19. The number of halogens is 1. The first-order valence-corrected chi connectivity index (χ1v) is 6.74. The number of hydrogen-bond donors (Lipinski definition) is 1. The van der Waals surface area contributed by atoms with Crippen molar-refractivity contribution in [2.75, 3.05) is 6.54 Å². The molecule has 2 rings (SSSR count). The summed E-state index contributed by atoms with van der Waals surface area (Å²) in [6.07, 6.45) is 0.876. The summed E-state index contributed by atoms with van der Waals surface area (Å²) in [6, 6.07) is 7.98. The Kier molecular flexibility index (Phi) is 4.25. The Morgan fingerprint density at radius 1 is 1.44 bits per heavy atom. The topological polar surface area (TPSA) is 32.3 Å². The highest BCUT2D eigenvalue weighted by molar-refractivity contribution is 6.31. The highest BCUT2D eigenvalue weighted by Crippen LogP contribution is 2.20. The van der Waals surface area contributed by atoms with Crippen LogP contribution in [0.4, 0.5) is 0 Å².